The molecule has 0 spiro atoms. The summed E-state index contributed by atoms with van der Waals surface area (Å²) in [5.41, 5.74) is 0. The van der Waals surface area contributed by atoms with Crippen LogP contribution in [0.2, 0.25) is 0 Å². The second kappa shape index (κ2) is 8.71. The van der Waals surface area contributed by atoms with Crippen LogP contribution in [0.1, 0.15) is 12.8 Å². The van der Waals surface area contributed by atoms with Crippen molar-refractivity contribution >= 4 is 23.6 Å². The lowest BCUT2D eigenvalue weighted by molar-refractivity contribution is -0.119. The van der Waals surface area contributed by atoms with Gasteiger partial charge in [-0.15, -0.1) is 11.8 Å². The molecular weight excluding hydrogens is 336 g/mol. The van der Waals surface area contributed by atoms with Gasteiger partial charge in [-0.3, -0.25) is 4.79 Å². The third kappa shape index (κ3) is 5.09. The van der Waals surface area contributed by atoms with Gasteiger partial charge in [-0.2, -0.15) is 0 Å². The first-order chi connectivity index (χ1) is 12.2. The van der Waals surface area contributed by atoms with Crippen molar-refractivity contribution in [3.05, 3.63) is 42.7 Å². The van der Waals surface area contributed by atoms with E-state index in [1.807, 2.05) is 30.3 Å². The minimum Gasteiger partial charge on any atom is -0.497 e. The number of hydrogen-bond acceptors (Lipinski definition) is 6. The number of thioether (sulfide) groups is 1. The monoisotopic (exact) mass is 358 g/mol. The van der Waals surface area contributed by atoms with E-state index in [-0.39, 0.29) is 11.9 Å². The number of benzene rings is 1. The third-order valence-electron chi connectivity index (χ3n) is 4.11. The van der Waals surface area contributed by atoms with Crippen LogP contribution in [0, 0.1) is 0 Å². The Labute approximate surface area is 152 Å². The van der Waals surface area contributed by atoms with Gasteiger partial charge in [-0.25, -0.2) is 9.97 Å². The number of carbonyl (C=O) groups is 1. The lowest BCUT2D eigenvalue weighted by Crippen LogP contribution is -2.45. The first-order valence-electron chi connectivity index (χ1n) is 8.33. The predicted octanol–water partition coefficient (Wildman–Crippen LogP) is 2.36. The number of anilines is 1. The predicted molar refractivity (Wildman–Crippen MR) is 99.1 cm³/mol. The Bertz CT molecular complexity index is 690. The fourth-order valence-corrected chi connectivity index (χ4v) is 3.54. The zero-order valence-corrected chi connectivity index (χ0v) is 15.0. The molecule has 2 heterocycles. The van der Waals surface area contributed by atoms with Crippen molar-refractivity contribution in [1.82, 2.24) is 15.3 Å². The molecule has 1 N–H and O–H groups in total. The Morgan fingerprint density at radius 3 is 2.76 bits per heavy atom. The molecule has 0 unspecified atom stereocenters. The molecule has 0 bridgehead atoms. The Morgan fingerprint density at radius 2 is 2.04 bits per heavy atom. The van der Waals surface area contributed by atoms with E-state index in [9.17, 15) is 4.79 Å². The lowest BCUT2D eigenvalue weighted by atomic mass is 10.1. The Hall–Kier alpha value is -2.28. The molecule has 132 valence electrons. The summed E-state index contributed by atoms with van der Waals surface area (Å²) < 4.78 is 5.20. The van der Waals surface area contributed by atoms with Gasteiger partial charge in [0.2, 0.25) is 11.9 Å². The van der Waals surface area contributed by atoms with E-state index in [1.54, 1.807) is 19.5 Å². The SMILES string of the molecule is COc1cccc(SCC(=O)NC2CCN(c3ncccn3)CC2)c1. The van der Waals surface area contributed by atoms with Crippen LogP contribution in [0.5, 0.6) is 5.75 Å². The van der Waals surface area contributed by atoms with E-state index < -0.39 is 0 Å². The molecule has 1 saturated heterocycles. The van der Waals surface area contributed by atoms with E-state index >= 15 is 0 Å². The highest BCUT2D eigenvalue weighted by Crippen LogP contribution is 2.22. The summed E-state index contributed by atoms with van der Waals surface area (Å²) in [6.45, 7) is 1.72. The summed E-state index contributed by atoms with van der Waals surface area (Å²) in [6.07, 6.45) is 5.33. The van der Waals surface area contributed by atoms with Crippen molar-refractivity contribution in [2.75, 3.05) is 30.9 Å². The summed E-state index contributed by atoms with van der Waals surface area (Å²) in [5, 5.41) is 3.13. The van der Waals surface area contributed by atoms with Crippen LogP contribution in [0.25, 0.3) is 0 Å². The maximum atomic E-state index is 12.2. The summed E-state index contributed by atoms with van der Waals surface area (Å²) in [4.78, 5) is 23.9. The van der Waals surface area contributed by atoms with Gasteiger partial charge < -0.3 is 15.0 Å². The van der Waals surface area contributed by atoms with E-state index in [4.69, 9.17) is 4.74 Å². The first-order valence-corrected chi connectivity index (χ1v) is 9.31. The van der Waals surface area contributed by atoms with E-state index in [1.165, 1.54) is 11.8 Å². The quantitative estimate of drug-likeness (QED) is 0.800. The van der Waals surface area contributed by atoms with Gasteiger partial charge in [0.25, 0.3) is 0 Å². The van der Waals surface area contributed by atoms with Crippen molar-refractivity contribution in [3.63, 3.8) is 0 Å². The number of nitrogens with one attached hydrogen (secondary N) is 1. The van der Waals surface area contributed by atoms with Gasteiger partial charge in [0.05, 0.1) is 12.9 Å². The lowest BCUT2D eigenvalue weighted by Gasteiger charge is -2.32. The molecule has 1 fully saturated rings. The fraction of sp³-hybridized carbons (Fsp3) is 0.389. The standard InChI is InChI=1S/C18H22N4O2S/c1-24-15-4-2-5-16(12-15)25-13-17(23)21-14-6-10-22(11-7-14)18-19-8-3-9-20-18/h2-5,8-9,12,14H,6-7,10-11,13H2,1H3,(H,21,23). The normalized spacial score (nSPS) is 15.0. The smallest absolute Gasteiger partial charge is 0.230 e. The average molecular weight is 358 g/mol. The van der Waals surface area contributed by atoms with Gasteiger partial charge >= 0.3 is 0 Å². The minimum atomic E-state index is 0.0715. The Kier molecular flexibility index (Phi) is 6.11. The van der Waals surface area contributed by atoms with Crippen molar-refractivity contribution in [2.45, 2.75) is 23.8 Å². The van der Waals surface area contributed by atoms with Crippen molar-refractivity contribution in [3.8, 4) is 5.75 Å². The molecule has 0 atom stereocenters. The Balaban J connectivity index is 1.42. The van der Waals surface area contributed by atoms with Crippen LogP contribution >= 0.6 is 11.8 Å². The maximum Gasteiger partial charge on any atom is 0.230 e. The molecule has 2 aromatic rings. The molecule has 25 heavy (non-hydrogen) atoms. The van der Waals surface area contributed by atoms with Crippen molar-refractivity contribution in [2.24, 2.45) is 0 Å². The number of piperidine rings is 1. The number of methoxy groups -OCH3 is 1. The second-order valence-electron chi connectivity index (χ2n) is 5.85. The number of rotatable bonds is 6. The summed E-state index contributed by atoms with van der Waals surface area (Å²) in [7, 11) is 1.64. The minimum absolute atomic E-state index is 0.0715. The van der Waals surface area contributed by atoms with Crippen LogP contribution in [0.15, 0.2) is 47.6 Å². The van der Waals surface area contributed by atoms with E-state index in [0.29, 0.717) is 5.75 Å². The molecule has 1 aromatic carbocycles. The molecule has 1 aliphatic rings. The van der Waals surface area contributed by atoms with Gasteiger partial charge in [0, 0.05) is 36.4 Å². The zero-order valence-electron chi connectivity index (χ0n) is 14.2. The van der Waals surface area contributed by atoms with Crippen LogP contribution in [0.3, 0.4) is 0 Å². The molecule has 0 saturated carbocycles. The first kappa shape index (κ1) is 17.5. The highest BCUT2D eigenvalue weighted by molar-refractivity contribution is 8.00. The van der Waals surface area contributed by atoms with Gasteiger partial charge in [-0.1, -0.05) is 6.07 Å². The van der Waals surface area contributed by atoms with Crippen LogP contribution in [-0.4, -0.2) is 47.9 Å². The number of nitrogens with zero attached hydrogens (tertiary/aromatic N) is 3. The molecule has 6 nitrogen and oxygen atoms in total. The molecule has 7 heteroatoms. The molecule has 0 radical (unpaired) electrons. The molecule has 1 aliphatic heterocycles. The summed E-state index contributed by atoms with van der Waals surface area (Å²) >= 11 is 1.52. The largest absolute Gasteiger partial charge is 0.497 e. The molecule has 1 aromatic heterocycles. The van der Waals surface area contributed by atoms with Crippen molar-refractivity contribution < 1.29 is 9.53 Å². The summed E-state index contributed by atoms with van der Waals surface area (Å²) in [6, 6.07) is 9.79. The van der Waals surface area contributed by atoms with Gasteiger partial charge in [0.1, 0.15) is 5.75 Å². The number of amides is 1. The molecule has 1 amide bonds. The summed E-state index contributed by atoms with van der Waals surface area (Å²) in [5.74, 6) is 2.05. The van der Waals surface area contributed by atoms with Gasteiger partial charge in [0.15, 0.2) is 0 Å². The third-order valence-corrected chi connectivity index (χ3v) is 5.10. The topological polar surface area (TPSA) is 67.3 Å². The second-order valence-corrected chi connectivity index (χ2v) is 6.89. The number of hydrogen-bond donors (Lipinski definition) is 1. The van der Waals surface area contributed by atoms with Crippen LogP contribution in [0.4, 0.5) is 5.95 Å². The molecular formula is C18H22N4O2S. The molecule has 0 aliphatic carbocycles. The van der Waals surface area contributed by atoms with E-state index in [0.717, 1.165) is 42.5 Å². The van der Waals surface area contributed by atoms with Crippen LogP contribution < -0.4 is 15.0 Å². The average Bonchev–Trinajstić information content (AvgIpc) is 2.68. The van der Waals surface area contributed by atoms with Gasteiger partial charge in [-0.05, 0) is 37.1 Å². The number of aromatic nitrogens is 2. The molecule has 3 rings (SSSR count). The highest BCUT2D eigenvalue weighted by Gasteiger charge is 2.22. The Morgan fingerprint density at radius 1 is 1.28 bits per heavy atom. The highest BCUT2D eigenvalue weighted by atomic mass is 32.2. The van der Waals surface area contributed by atoms with Crippen molar-refractivity contribution in [1.29, 1.82) is 0 Å². The maximum absolute atomic E-state index is 12.2. The van der Waals surface area contributed by atoms with Crippen LogP contribution in [-0.2, 0) is 4.79 Å². The van der Waals surface area contributed by atoms with E-state index in [2.05, 4.69) is 20.2 Å². The zero-order chi connectivity index (χ0) is 17.5. The number of ether oxygens (including phenoxy) is 1. The fourth-order valence-electron chi connectivity index (χ4n) is 2.79. The number of carbonyl (C=O) groups excluding carboxylic acids is 1.